The van der Waals surface area contributed by atoms with E-state index in [-0.39, 0.29) is 12.2 Å². The molecule has 6 heteroatoms. The molecule has 3 aromatic rings. The lowest BCUT2D eigenvalue weighted by Crippen LogP contribution is -2.29. The van der Waals surface area contributed by atoms with Crippen molar-refractivity contribution in [2.24, 2.45) is 11.8 Å². The van der Waals surface area contributed by atoms with Crippen molar-refractivity contribution in [1.82, 2.24) is 9.78 Å². The minimum atomic E-state index is -0.933. The van der Waals surface area contributed by atoms with Crippen LogP contribution in [0, 0.1) is 11.8 Å². The summed E-state index contributed by atoms with van der Waals surface area (Å²) >= 11 is 0. The lowest BCUT2D eigenvalue weighted by molar-refractivity contribution is -0.142. The van der Waals surface area contributed by atoms with Crippen LogP contribution in [0.3, 0.4) is 0 Å². The van der Waals surface area contributed by atoms with Gasteiger partial charge in [0.1, 0.15) is 6.61 Å². The van der Waals surface area contributed by atoms with Crippen molar-refractivity contribution in [1.29, 1.82) is 0 Å². The summed E-state index contributed by atoms with van der Waals surface area (Å²) in [6, 6.07) is 20.1. The quantitative estimate of drug-likeness (QED) is 0.436. The van der Waals surface area contributed by atoms with Crippen LogP contribution >= 0.6 is 0 Å². The summed E-state index contributed by atoms with van der Waals surface area (Å²) in [5.74, 6) is 0.266. The highest BCUT2D eigenvalue weighted by molar-refractivity contribution is 5.80. The first-order chi connectivity index (χ1) is 16.9. The molecule has 1 aliphatic rings. The highest BCUT2D eigenvalue weighted by Crippen LogP contribution is 2.32. The van der Waals surface area contributed by atoms with E-state index in [0.717, 1.165) is 48.1 Å². The predicted molar refractivity (Wildman–Crippen MR) is 137 cm³/mol. The number of carboxylic acid groups (broad SMARTS) is 1. The average Bonchev–Trinajstić information content (AvgIpc) is 2.86. The zero-order chi connectivity index (χ0) is 24.8. The fourth-order valence-electron chi connectivity index (χ4n) is 4.84. The molecule has 0 aliphatic heterocycles. The highest BCUT2D eigenvalue weighted by atomic mass is 16.5. The van der Waals surface area contributed by atoms with Crippen LogP contribution in [0.2, 0.25) is 0 Å². The normalized spacial score (nSPS) is 18.0. The third kappa shape index (κ3) is 6.45. The SMILES string of the molecule is CC(C)c1ccc(-c2nn(C[C@H]3CC[C@H](COCC(=O)O)CC3)c(=O)cc2-c2ccccc2)cc1. The van der Waals surface area contributed by atoms with Crippen molar-refractivity contribution >= 4 is 5.97 Å². The van der Waals surface area contributed by atoms with Gasteiger partial charge in [-0.3, -0.25) is 4.79 Å². The lowest BCUT2D eigenvalue weighted by atomic mass is 9.82. The third-order valence-corrected chi connectivity index (χ3v) is 6.91. The molecule has 0 spiro atoms. The molecule has 0 radical (unpaired) electrons. The van der Waals surface area contributed by atoms with E-state index in [1.165, 1.54) is 5.56 Å². The zero-order valence-corrected chi connectivity index (χ0v) is 20.5. The molecule has 1 aliphatic carbocycles. The van der Waals surface area contributed by atoms with Crippen LogP contribution in [0.4, 0.5) is 0 Å². The van der Waals surface area contributed by atoms with E-state index in [2.05, 4.69) is 38.1 Å². The Hall–Kier alpha value is -3.25. The third-order valence-electron chi connectivity index (χ3n) is 6.91. The minimum Gasteiger partial charge on any atom is -0.480 e. The number of aliphatic carboxylic acids is 1. The van der Waals surface area contributed by atoms with E-state index in [1.807, 2.05) is 30.3 Å². The molecule has 184 valence electrons. The van der Waals surface area contributed by atoms with Gasteiger partial charge in [0, 0.05) is 23.7 Å². The second-order valence-electron chi connectivity index (χ2n) is 9.87. The van der Waals surface area contributed by atoms with E-state index in [9.17, 15) is 9.59 Å². The van der Waals surface area contributed by atoms with Crippen LogP contribution < -0.4 is 5.56 Å². The second kappa shape index (κ2) is 11.5. The number of benzene rings is 2. The number of carboxylic acids is 1. The maximum atomic E-state index is 13.1. The molecule has 0 unspecified atom stereocenters. The molecular weight excluding hydrogens is 440 g/mol. The topological polar surface area (TPSA) is 81.4 Å². The van der Waals surface area contributed by atoms with Gasteiger partial charge in [-0.25, -0.2) is 9.48 Å². The molecule has 4 rings (SSSR count). The van der Waals surface area contributed by atoms with Crippen LogP contribution in [0.15, 0.2) is 65.5 Å². The van der Waals surface area contributed by atoms with Gasteiger partial charge in [0.2, 0.25) is 0 Å². The lowest BCUT2D eigenvalue weighted by Gasteiger charge is -2.28. The van der Waals surface area contributed by atoms with Crippen molar-refractivity contribution in [2.75, 3.05) is 13.2 Å². The second-order valence-corrected chi connectivity index (χ2v) is 9.87. The fraction of sp³-hybridized carbons (Fsp3) is 0.414. The first-order valence-electron chi connectivity index (χ1n) is 12.5. The molecule has 0 saturated heterocycles. The van der Waals surface area contributed by atoms with Gasteiger partial charge in [-0.05, 0) is 54.6 Å². The summed E-state index contributed by atoms with van der Waals surface area (Å²) in [5, 5.41) is 13.6. The van der Waals surface area contributed by atoms with Crippen molar-refractivity contribution in [3.63, 3.8) is 0 Å². The van der Waals surface area contributed by atoms with Gasteiger partial charge in [-0.15, -0.1) is 0 Å². The van der Waals surface area contributed by atoms with Crippen LogP contribution in [0.1, 0.15) is 51.0 Å². The smallest absolute Gasteiger partial charge is 0.329 e. The number of hydrogen-bond acceptors (Lipinski definition) is 4. The van der Waals surface area contributed by atoms with E-state index < -0.39 is 5.97 Å². The molecule has 0 atom stereocenters. The van der Waals surface area contributed by atoms with Gasteiger partial charge in [0.15, 0.2) is 0 Å². The Morgan fingerprint density at radius 2 is 1.66 bits per heavy atom. The molecule has 1 saturated carbocycles. The predicted octanol–water partition coefficient (Wildman–Crippen LogP) is 5.61. The molecule has 1 N–H and O–H groups in total. The first-order valence-corrected chi connectivity index (χ1v) is 12.5. The maximum Gasteiger partial charge on any atom is 0.329 e. The summed E-state index contributed by atoms with van der Waals surface area (Å²) in [7, 11) is 0. The zero-order valence-electron chi connectivity index (χ0n) is 20.5. The Labute approximate surface area is 206 Å². The Morgan fingerprint density at radius 1 is 1.00 bits per heavy atom. The summed E-state index contributed by atoms with van der Waals surface area (Å²) in [4.78, 5) is 23.8. The average molecular weight is 475 g/mol. The molecule has 6 nitrogen and oxygen atoms in total. The molecule has 1 heterocycles. The van der Waals surface area contributed by atoms with Gasteiger partial charge in [0.05, 0.1) is 12.3 Å². The number of rotatable bonds is 9. The number of nitrogens with zero attached hydrogens (tertiary/aromatic N) is 2. The molecule has 35 heavy (non-hydrogen) atoms. The summed E-state index contributed by atoms with van der Waals surface area (Å²) in [6.45, 7) is 5.19. The van der Waals surface area contributed by atoms with Crippen molar-refractivity contribution in [3.05, 3.63) is 76.6 Å². The number of aromatic nitrogens is 2. The maximum absolute atomic E-state index is 13.1. The first kappa shape index (κ1) is 24.9. The van der Waals surface area contributed by atoms with E-state index in [4.69, 9.17) is 14.9 Å². The number of hydrogen-bond donors (Lipinski definition) is 1. The van der Waals surface area contributed by atoms with Crippen LogP contribution in [0.25, 0.3) is 22.4 Å². The Balaban J connectivity index is 1.55. The summed E-state index contributed by atoms with van der Waals surface area (Å²) in [6.07, 6.45) is 3.91. The Kier molecular flexibility index (Phi) is 8.13. The monoisotopic (exact) mass is 474 g/mol. The standard InChI is InChI=1S/C29H34N2O4/c1-20(2)23-12-14-25(15-13-23)29-26(24-6-4-3-5-7-24)16-27(32)31(30-29)17-21-8-10-22(11-9-21)18-35-19-28(33)34/h3-7,12-16,20-22H,8-11,17-19H2,1-2H3,(H,33,34)/t21-,22-. The van der Waals surface area contributed by atoms with Gasteiger partial charge in [0.25, 0.3) is 5.56 Å². The fourth-order valence-corrected chi connectivity index (χ4v) is 4.84. The molecule has 2 aromatic carbocycles. The molecule has 1 aromatic heterocycles. The van der Waals surface area contributed by atoms with Gasteiger partial charge in [-0.1, -0.05) is 68.4 Å². The van der Waals surface area contributed by atoms with E-state index in [1.54, 1.807) is 10.7 Å². The number of ether oxygens (including phenoxy) is 1. The Morgan fingerprint density at radius 3 is 2.29 bits per heavy atom. The van der Waals surface area contributed by atoms with Gasteiger partial charge in [-0.2, -0.15) is 5.10 Å². The van der Waals surface area contributed by atoms with Crippen molar-refractivity contribution in [3.8, 4) is 22.4 Å². The van der Waals surface area contributed by atoms with Crippen molar-refractivity contribution in [2.45, 2.75) is 52.0 Å². The molecule has 0 bridgehead atoms. The van der Waals surface area contributed by atoms with E-state index in [0.29, 0.717) is 30.9 Å². The van der Waals surface area contributed by atoms with Crippen LogP contribution in [-0.4, -0.2) is 34.1 Å². The van der Waals surface area contributed by atoms with E-state index >= 15 is 0 Å². The molecule has 1 fully saturated rings. The summed E-state index contributed by atoms with van der Waals surface area (Å²) < 4.78 is 6.91. The molecular formula is C29H34N2O4. The van der Waals surface area contributed by atoms with Crippen LogP contribution in [-0.2, 0) is 16.1 Å². The van der Waals surface area contributed by atoms with Crippen LogP contribution in [0.5, 0.6) is 0 Å². The van der Waals surface area contributed by atoms with Crippen molar-refractivity contribution < 1.29 is 14.6 Å². The minimum absolute atomic E-state index is 0.0849. The number of carbonyl (C=O) groups is 1. The Bertz CT molecular complexity index is 1180. The summed E-state index contributed by atoms with van der Waals surface area (Å²) in [5.41, 5.74) is 4.84. The largest absolute Gasteiger partial charge is 0.480 e. The highest BCUT2D eigenvalue weighted by Gasteiger charge is 2.23. The molecule has 0 amide bonds. The van der Waals surface area contributed by atoms with Gasteiger partial charge >= 0.3 is 5.97 Å². The van der Waals surface area contributed by atoms with Gasteiger partial charge < -0.3 is 9.84 Å².